The molecule has 2 aliphatic carbocycles. The van der Waals surface area contributed by atoms with Gasteiger partial charge in [-0.3, -0.25) is 0 Å². The Hall–Kier alpha value is -1.04. The van der Waals surface area contributed by atoms with Crippen LogP contribution in [0.2, 0.25) is 0 Å². The summed E-state index contributed by atoms with van der Waals surface area (Å²) in [4.78, 5) is 0. The van der Waals surface area contributed by atoms with Crippen molar-refractivity contribution in [3.8, 4) is 0 Å². The van der Waals surface area contributed by atoms with Gasteiger partial charge in [0.15, 0.2) is 0 Å². The largest absolute Gasteiger partial charge is 0.0851 e. The Morgan fingerprint density at radius 1 is 0.941 bits per heavy atom. The van der Waals surface area contributed by atoms with Gasteiger partial charge in [0.05, 0.1) is 0 Å². The van der Waals surface area contributed by atoms with E-state index in [1.54, 1.807) is 5.56 Å². The normalized spacial score (nSPS) is 29.3. The zero-order chi connectivity index (χ0) is 12.3. The Morgan fingerprint density at radius 2 is 1.59 bits per heavy atom. The molecule has 3 atom stereocenters. The summed E-state index contributed by atoms with van der Waals surface area (Å²) >= 11 is 0. The first-order valence-electron chi connectivity index (χ1n) is 6.90. The van der Waals surface area contributed by atoms with E-state index >= 15 is 0 Å². The van der Waals surface area contributed by atoms with Crippen LogP contribution in [0.5, 0.6) is 0 Å². The van der Waals surface area contributed by atoms with Gasteiger partial charge in [-0.25, -0.2) is 0 Å². The molecule has 0 saturated heterocycles. The Morgan fingerprint density at radius 3 is 2.06 bits per heavy atom. The number of benzene rings is 1. The summed E-state index contributed by atoms with van der Waals surface area (Å²) in [7, 11) is 0. The molecule has 0 N–H and O–H groups in total. The summed E-state index contributed by atoms with van der Waals surface area (Å²) < 4.78 is 0. The molecule has 1 saturated carbocycles. The molecule has 2 bridgehead atoms. The lowest BCUT2D eigenvalue weighted by Crippen LogP contribution is -2.04. The second-order valence-electron chi connectivity index (χ2n) is 6.03. The molecule has 92 valence electrons. The van der Waals surface area contributed by atoms with Gasteiger partial charge in [0.25, 0.3) is 0 Å². The minimum Gasteiger partial charge on any atom is -0.0851 e. The molecule has 0 amide bonds. The number of hydrogen-bond acceptors (Lipinski definition) is 0. The van der Waals surface area contributed by atoms with Crippen LogP contribution in [0.25, 0.3) is 0 Å². The monoisotopic (exact) mass is 228 g/mol. The smallest absolute Gasteiger partial charge is 0.00932 e. The van der Waals surface area contributed by atoms with Gasteiger partial charge in [-0.1, -0.05) is 63.3 Å². The van der Waals surface area contributed by atoms with Crippen LogP contribution in [0.4, 0.5) is 0 Å². The highest BCUT2D eigenvalue weighted by molar-refractivity contribution is 5.27. The van der Waals surface area contributed by atoms with Gasteiger partial charge in [0, 0.05) is 0 Å². The van der Waals surface area contributed by atoms with Crippen molar-refractivity contribution in [3.05, 3.63) is 48.0 Å². The zero-order valence-electron chi connectivity index (χ0n) is 11.3. The lowest BCUT2D eigenvalue weighted by Gasteiger charge is -2.17. The number of hydrogen-bond donors (Lipinski definition) is 0. The van der Waals surface area contributed by atoms with Crippen molar-refractivity contribution < 1.29 is 0 Å². The van der Waals surface area contributed by atoms with E-state index in [2.05, 4.69) is 63.3 Å². The molecule has 3 unspecified atom stereocenters. The third kappa shape index (κ3) is 3.21. The summed E-state index contributed by atoms with van der Waals surface area (Å²) in [6.07, 6.45) is 7.61. The van der Waals surface area contributed by atoms with Gasteiger partial charge >= 0.3 is 0 Å². The molecular weight excluding hydrogens is 204 g/mol. The SMILES string of the molecule is C1=CC2CC1CC2c1ccccc1.CC(C)C. The van der Waals surface area contributed by atoms with E-state index in [0.29, 0.717) is 0 Å². The highest BCUT2D eigenvalue weighted by Gasteiger charge is 2.35. The van der Waals surface area contributed by atoms with E-state index in [-0.39, 0.29) is 0 Å². The molecule has 0 aliphatic heterocycles. The van der Waals surface area contributed by atoms with E-state index in [9.17, 15) is 0 Å². The van der Waals surface area contributed by atoms with Crippen LogP contribution in [0.1, 0.15) is 45.1 Å². The van der Waals surface area contributed by atoms with Gasteiger partial charge in [-0.2, -0.15) is 0 Å². The van der Waals surface area contributed by atoms with Crippen LogP contribution >= 0.6 is 0 Å². The van der Waals surface area contributed by atoms with Crippen LogP contribution in [-0.4, -0.2) is 0 Å². The van der Waals surface area contributed by atoms with Gasteiger partial charge < -0.3 is 0 Å². The number of fused-ring (bicyclic) bond motifs is 2. The molecule has 17 heavy (non-hydrogen) atoms. The minimum absolute atomic E-state index is 0.816. The van der Waals surface area contributed by atoms with Crippen LogP contribution < -0.4 is 0 Å². The molecule has 0 spiro atoms. The van der Waals surface area contributed by atoms with Crippen LogP contribution in [0, 0.1) is 17.8 Å². The third-order valence-electron chi connectivity index (χ3n) is 3.51. The van der Waals surface area contributed by atoms with Crippen LogP contribution in [0.15, 0.2) is 42.5 Å². The van der Waals surface area contributed by atoms with E-state index < -0.39 is 0 Å². The average Bonchev–Trinajstić information content (AvgIpc) is 2.91. The zero-order valence-corrected chi connectivity index (χ0v) is 11.3. The minimum atomic E-state index is 0.816. The maximum atomic E-state index is 2.42. The molecule has 1 aromatic carbocycles. The highest BCUT2D eigenvalue weighted by Crippen LogP contribution is 2.48. The number of rotatable bonds is 1. The molecule has 3 rings (SSSR count). The first-order valence-corrected chi connectivity index (χ1v) is 6.90. The summed E-state index contributed by atoms with van der Waals surface area (Å²) in [5.74, 6) is 3.37. The fourth-order valence-corrected chi connectivity index (χ4v) is 2.86. The Kier molecular flexibility index (Phi) is 4.04. The van der Waals surface area contributed by atoms with E-state index in [1.165, 1.54) is 12.8 Å². The quantitative estimate of drug-likeness (QED) is 0.591. The Labute approximate surface area is 106 Å². The summed E-state index contributed by atoms with van der Waals surface area (Å²) in [5, 5.41) is 0. The van der Waals surface area contributed by atoms with E-state index in [4.69, 9.17) is 0 Å². The lowest BCUT2D eigenvalue weighted by molar-refractivity contribution is 0.585. The molecule has 1 aromatic rings. The fraction of sp³-hybridized carbons (Fsp3) is 0.529. The molecular formula is C17H24. The Balaban J connectivity index is 0.000000239. The standard InChI is InChI=1S/C13H14.C4H10/c1-2-4-11(5-3-1)13-9-10-6-7-12(13)8-10;1-4(2)3/h1-7,10,12-13H,8-9H2;4H,1-3H3. The first kappa shape index (κ1) is 12.4. The third-order valence-corrected chi connectivity index (χ3v) is 3.51. The summed E-state index contributed by atoms with van der Waals surface area (Å²) in [5.41, 5.74) is 1.54. The second kappa shape index (κ2) is 5.53. The van der Waals surface area contributed by atoms with Crippen LogP contribution in [0.3, 0.4) is 0 Å². The summed E-state index contributed by atoms with van der Waals surface area (Å²) in [6, 6.07) is 11.0. The molecule has 2 aliphatic rings. The molecule has 0 radical (unpaired) electrons. The Bertz CT molecular complexity index is 358. The van der Waals surface area contributed by atoms with Crippen molar-refractivity contribution in [2.24, 2.45) is 17.8 Å². The van der Waals surface area contributed by atoms with Crippen LogP contribution in [-0.2, 0) is 0 Å². The van der Waals surface area contributed by atoms with Crippen molar-refractivity contribution in [2.75, 3.05) is 0 Å². The average molecular weight is 228 g/mol. The fourth-order valence-electron chi connectivity index (χ4n) is 2.86. The van der Waals surface area contributed by atoms with Gasteiger partial charge in [0.1, 0.15) is 0 Å². The van der Waals surface area contributed by atoms with Crippen molar-refractivity contribution in [1.29, 1.82) is 0 Å². The highest BCUT2D eigenvalue weighted by atomic mass is 14.4. The topological polar surface area (TPSA) is 0 Å². The maximum absolute atomic E-state index is 2.42. The van der Waals surface area contributed by atoms with Gasteiger partial charge in [-0.05, 0) is 42.1 Å². The number of allylic oxidation sites excluding steroid dienone is 2. The second-order valence-corrected chi connectivity index (χ2v) is 6.03. The predicted octanol–water partition coefficient (Wildman–Crippen LogP) is 5.03. The van der Waals surface area contributed by atoms with Gasteiger partial charge in [0.2, 0.25) is 0 Å². The van der Waals surface area contributed by atoms with Crippen molar-refractivity contribution in [1.82, 2.24) is 0 Å². The molecule has 0 heteroatoms. The first-order chi connectivity index (χ1) is 8.16. The van der Waals surface area contributed by atoms with Crippen molar-refractivity contribution >= 4 is 0 Å². The summed E-state index contributed by atoms with van der Waals surface area (Å²) in [6.45, 7) is 6.50. The van der Waals surface area contributed by atoms with Crippen molar-refractivity contribution in [3.63, 3.8) is 0 Å². The molecule has 0 aromatic heterocycles. The molecule has 1 fully saturated rings. The van der Waals surface area contributed by atoms with E-state index in [1.807, 2.05) is 0 Å². The molecule has 0 nitrogen and oxygen atoms in total. The lowest BCUT2D eigenvalue weighted by atomic mass is 9.87. The maximum Gasteiger partial charge on any atom is -0.00932 e. The van der Waals surface area contributed by atoms with E-state index in [0.717, 1.165) is 23.7 Å². The van der Waals surface area contributed by atoms with Crippen molar-refractivity contribution in [2.45, 2.75) is 39.5 Å². The molecule has 0 heterocycles. The predicted molar refractivity (Wildman–Crippen MR) is 75.0 cm³/mol. The van der Waals surface area contributed by atoms with Gasteiger partial charge in [-0.15, -0.1) is 0 Å².